The van der Waals surface area contributed by atoms with Gasteiger partial charge in [0.1, 0.15) is 0 Å². The molecule has 0 aromatic heterocycles. The molecule has 0 aliphatic carbocycles. The van der Waals surface area contributed by atoms with Crippen LogP contribution in [0.2, 0.25) is 0 Å². The lowest BCUT2D eigenvalue weighted by Crippen LogP contribution is -2.54. The van der Waals surface area contributed by atoms with Gasteiger partial charge in [-0.1, -0.05) is 27.2 Å². The Morgan fingerprint density at radius 2 is 1.77 bits per heavy atom. The highest BCUT2D eigenvalue weighted by molar-refractivity contribution is 5.70. The Hall–Kier alpha value is -0.850. The third-order valence-corrected chi connectivity index (χ3v) is 8.52. The van der Waals surface area contributed by atoms with Crippen LogP contribution in [0.1, 0.15) is 87.5 Å². The van der Waals surface area contributed by atoms with Crippen LogP contribution in [0.25, 0.3) is 0 Å². The van der Waals surface area contributed by atoms with Crippen LogP contribution in [-0.2, 0) is 14.3 Å². The number of aliphatic hydroxyl groups is 4. The fraction of sp³-hybridized carbons (Fsp3) is 0.966. The average Bonchev–Trinajstić information content (AvgIpc) is 2.81. The molecule has 0 saturated carbocycles. The van der Waals surface area contributed by atoms with Crippen LogP contribution in [0.15, 0.2) is 0 Å². The van der Waals surface area contributed by atoms with Crippen molar-refractivity contribution >= 4 is 5.97 Å². The molecule has 232 valence electrons. The average molecular weight is 563 g/mol. The third kappa shape index (κ3) is 10.8. The molecule has 1 heterocycles. The summed E-state index contributed by atoms with van der Waals surface area (Å²) >= 11 is 0. The fourth-order valence-electron chi connectivity index (χ4n) is 6.27. The van der Waals surface area contributed by atoms with E-state index in [4.69, 9.17) is 9.47 Å². The standard InChI is InChI=1S/C29H58N2O8/c1-11-12-29(8,37)26(33)20(5)31(10)16-17(2)14-28(7,36)15-18(3)25(19(4)27(34)35)39-23-13-22(30-9)24(32)21(6)38-23/h17-26,30,32-33,36-37H,11-16H2,1-10H3,(H,34,35)/t17-,18-,19-,20-,21?,22?,23+,24-,25?,26-,28-,29?/m1/s1. The molecule has 39 heavy (non-hydrogen) atoms. The van der Waals surface area contributed by atoms with E-state index in [2.05, 4.69) is 5.32 Å². The van der Waals surface area contributed by atoms with E-state index in [0.29, 0.717) is 32.2 Å². The van der Waals surface area contributed by atoms with Gasteiger partial charge in [0.25, 0.3) is 0 Å². The summed E-state index contributed by atoms with van der Waals surface area (Å²) in [7, 11) is 3.66. The predicted molar refractivity (Wildman–Crippen MR) is 151 cm³/mol. The van der Waals surface area contributed by atoms with Gasteiger partial charge in [0.05, 0.1) is 41.5 Å². The summed E-state index contributed by atoms with van der Waals surface area (Å²) in [5, 5.41) is 55.9. The van der Waals surface area contributed by atoms with Gasteiger partial charge in [-0.2, -0.15) is 0 Å². The van der Waals surface area contributed by atoms with E-state index in [-0.39, 0.29) is 23.9 Å². The van der Waals surface area contributed by atoms with Gasteiger partial charge >= 0.3 is 5.97 Å². The first-order chi connectivity index (χ1) is 17.9. The SMILES string of the molecule is CCCC(C)(O)[C@H](O)[C@@H](C)N(C)C[C@H](C)C[C@@](C)(O)C[C@@H](C)C(O[C@H]1CC(NC)[C@H](O)C(C)O1)[C@@H](C)C(=O)O. The molecule has 0 aromatic carbocycles. The maximum atomic E-state index is 11.9. The predicted octanol–water partition coefficient (Wildman–Crippen LogP) is 2.21. The molecule has 0 radical (unpaired) electrons. The molecule has 1 aliphatic heterocycles. The summed E-state index contributed by atoms with van der Waals surface area (Å²) in [6, 6.07) is -0.507. The summed E-state index contributed by atoms with van der Waals surface area (Å²) in [5.74, 6) is -2.03. The largest absolute Gasteiger partial charge is 0.481 e. The van der Waals surface area contributed by atoms with Crippen LogP contribution < -0.4 is 5.32 Å². The first-order valence-electron chi connectivity index (χ1n) is 14.6. The molecule has 10 nitrogen and oxygen atoms in total. The molecule has 12 atom stereocenters. The van der Waals surface area contributed by atoms with E-state index in [0.717, 1.165) is 6.42 Å². The van der Waals surface area contributed by atoms with Gasteiger partial charge in [-0.25, -0.2) is 0 Å². The second kappa shape index (κ2) is 15.4. The fourth-order valence-corrected chi connectivity index (χ4v) is 6.27. The summed E-state index contributed by atoms with van der Waals surface area (Å²) < 4.78 is 12.1. The zero-order valence-electron chi connectivity index (χ0n) is 25.9. The van der Waals surface area contributed by atoms with Crippen LogP contribution in [0.5, 0.6) is 0 Å². The molecule has 1 aliphatic rings. The maximum absolute atomic E-state index is 11.9. The Morgan fingerprint density at radius 1 is 1.18 bits per heavy atom. The van der Waals surface area contributed by atoms with E-state index in [1.54, 1.807) is 34.7 Å². The molecule has 1 rings (SSSR count). The second-order valence-electron chi connectivity index (χ2n) is 12.8. The second-order valence-corrected chi connectivity index (χ2v) is 12.8. The van der Waals surface area contributed by atoms with Crippen molar-refractivity contribution in [3.63, 3.8) is 0 Å². The van der Waals surface area contributed by atoms with E-state index in [1.165, 1.54) is 0 Å². The number of carboxylic acid groups (broad SMARTS) is 1. The van der Waals surface area contributed by atoms with Crippen LogP contribution in [0.4, 0.5) is 0 Å². The van der Waals surface area contributed by atoms with E-state index >= 15 is 0 Å². The van der Waals surface area contributed by atoms with Crippen LogP contribution in [-0.4, -0.2) is 111 Å². The third-order valence-electron chi connectivity index (χ3n) is 8.52. The van der Waals surface area contributed by atoms with E-state index in [9.17, 15) is 30.3 Å². The first kappa shape index (κ1) is 36.2. The first-order valence-corrected chi connectivity index (χ1v) is 14.6. The minimum Gasteiger partial charge on any atom is -0.481 e. The number of hydrogen-bond donors (Lipinski definition) is 6. The molecule has 6 N–H and O–H groups in total. The smallest absolute Gasteiger partial charge is 0.308 e. The number of rotatable bonds is 17. The molecule has 0 amide bonds. The van der Waals surface area contributed by atoms with Crippen LogP contribution in [0.3, 0.4) is 0 Å². The maximum Gasteiger partial charge on any atom is 0.308 e. The zero-order valence-corrected chi connectivity index (χ0v) is 25.9. The number of ether oxygens (including phenoxy) is 2. The van der Waals surface area contributed by atoms with E-state index in [1.807, 2.05) is 39.6 Å². The normalized spacial score (nSPS) is 30.0. The van der Waals surface area contributed by atoms with Gasteiger partial charge in [-0.05, 0) is 79.8 Å². The number of aliphatic carboxylic acids is 1. The van der Waals surface area contributed by atoms with Crippen LogP contribution >= 0.6 is 0 Å². The minimum absolute atomic E-state index is 0.0691. The van der Waals surface area contributed by atoms with Gasteiger partial charge in [-0.15, -0.1) is 0 Å². The summed E-state index contributed by atoms with van der Waals surface area (Å²) in [6.45, 7) is 15.2. The van der Waals surface area contributed by atoms with Crippen molar-refractivity contribution in [3.05, 3.63) is 0 Å². The van der Waals surface area contributed by atoms with Crippen molar-refractivity contribution in [1.82, 2.24) is 10.2 Å². The Balaban J connectivity index is 2.86. The van der Waals surface area contributed by atoms with Crippen molar-refractivity contribution in [1.29, 1.82) is 0 Å². The lowest BCUT2D eigenvalue weighted by atomic mass is 9.80. The van der Waals surface area contributed by atoms with Gasteiger partial charge in [-0.3, -0.25) is 4.79 Å². The number of carboxylic acids is 1. The van der Waals surface area contributed by atoms with Crippen molar-refractivity contribution in [3.8, 4) is 0 Å². The van der Waals surface area contributed by atoms with Crippen molar-refractivity contribution in [2.24, 2.45) is 17.8 Å². The Kier molecular flexibility index (Phi) is 14.3. The number of nitrogens with zero attached hydrogens (tertiary/aromatic N) is 1. The molecule has 1 saturated heterocycles. The van der Waals surface area contributed by atoms with Gasteiger partial charge in [0, 0.05) is 25.0 Å². The van der Waals surface area contributed by atoms with Gasteiger partial charge < -0.3 is 45.2 Å². The zero-order chi connectivity index (χ0) is 30.3. The lowest BCUT2D eigenvalue weighted by molar-refractivity contribution is -0.255. The quantitative estimate of drug-likeness (QED) is 0.156. The Labute approximate surface area is 236 Å². The van der Waals surface area contributed by atoms with Crippen molar-refractivity contribution in [2.75, 3.05) is 20.6 Å². The lowest BCUT2D eigenvalue weighted by Gasteiger charge is -2.41. The molecule has 0 spiro atoms. The number of hydrogen-bond acceptors (Lipinski definition) is 9. The van der Waals surface area contributed by atoms with Gasteiger partial charge in [0.2, 0.25) is 0 Å². The Morgan fingerprint density at radius 3 is 2.28 bits per heavy atom. The molecular weight excluding hydrogens is 504 g/mol. The number of carbonyl (C=O) groups is 1. The van der Waals surface area contributed by atoms with Crippen molar-refractivity contribution in [2.45, 2.75) is 141 Å². The molecule has 0 bridgehead atoms. The summed E-state index contributed by atoms with van der Waals surface area (Å²) in [6.07, 6.45) is -0.985. The van der Waals surface area contributed by atoms with Crippen molar-refractivity contribution < 1.29 is 39.8 Å². The van der Waals surface area contributed by atoms with Gasteiger partial charge in [0.15, 0.2) is 6.29 Å². The highest BCUT2D eigenvalue weighted by Gasteiger charge is 2.41. The topological polar surface area (TPSA) is 152 Å². The molecule has 4 unspecified atom stereocenters. The Bertz CT molecular complexity index is 736. The number of aliphatic hydroxyl groups excluding tert-OH is 2. The summed E-state index contributed by atoms with van der Waals surface area (Å²) in [4.78, 5) is 13.9. The van der Waals surface area contributed by atoms with E-state index < -0.39 is 53.8 Å². The highest BCUT2D eigenvalue weighted by atomic mass is 16.7. The van der Waals surface area contributed by atoms with Crippen LogP contribution in [0, 0.1) is 17.8 Å². The molecule has 0 aromatic rings. The monoisotopic (exact) mass is 562 g/mol. The molecular formula is C29H58N2O8. The number of nitrogens with one attached hydrogen (secondary N) is 1. The molecule has 10 heteroatoms. The summed E-state index contributed by atoms with van der Waals surface area (Å²) in [5.41, 5.74) is -2.26. The highest BCUT2D eigenvalue weighted by Crippen LogP contribution is 2.33. The number of likely N-dealkylation sites (N-methyl/N-ethyl adjacent to an activating group) is 2. The minimum atomic E-state index is -1.17. The molecule has 1 fully saturated rings.